The highest BCUT2D eigenvalue weighted by Crippen LogP contribution is 2.27. The highest BCUT2D eigenvalue weighted by molar-refractivity contribution is 6.36. The first kappa shape index (κ1) is 9.62. The Morgan fingerprint density at radius 2 is 1.71 bits per heavy atom. The highest BCUT2D eigenvalue weighted by atomic mass is 35.5. The van der Waals surface area contributed by atoms with E-state index in [0.717, 1.165) is 12.1 Å². The molecule has 0 amide bonds. The molecule has 0 atom stereocenters. The number of aromatic nitrogens is 1. The fourth-order valence-electron chi connectivity index (χ4n) is 1.21. The van der Waals surface area contributed by atoms with E-state index in [9.17, 15) is 8.78 Å². The number of pyridine rings is 1. The van der Waals surface area contributed by atoms with Crippen LogP contribution in [0.4, 0.5) is 8.78 Å². The first-order valence-corrected chi connectivity index (χ1v) is 4.44. The van der Waals surface area contributed by atoms with Gasteiger partial charge >= 0.3 is 0 Å². The number of hydrogen-bond acceptors (Lipinski definition) is 1. The van der Waals surface area contributed by atoms with Crippen molar-refractivity contribution in [1.82, 2.24) is 4.98 Å². The van der Waals surface area contributed by atoms with E-state index < -0.39 is 11.6 Å². The zero-order valence-electron chi connectivity index (χ0n) is 6.69. The van der Waals surface area contributed by atoms with Crippen LogP contribution >= 0.6 is 23.2 Å². The first-order valence-electron chi connectivity index (χ1n) is 3.69. The second-order valence-electron chi connectivity index (χ2n) is 2.72. The van der Waals surface area contributed by atoms with Crippen LogP contribution in [0.25, 0.3) is 10.8 Å². The Hall–Kier alpha value is -0.930. The quantitative estimate of drug-likeness (QED) is 0.631. The Kier molecular flexibility index (Phi) is 2.29. The predicted molar refractivity (Wildman–Crippen MR) is 51.7 cm³/mol. The van der Waals surface area contributed by atoms with Crippen molar-refractivity contribution in [3.8, 4) is 0 Å². The summed E-state index contributed by atoms with van der Waals surface area (Å²) in [5.41, 5.74) is 0. The van der Waals surface area contributed by atoms with Gasteiger partial charge in [0.25, 0.3) is 0 Å². The van der Waals surface area contributed by atoms with E-state index in [1.165, 1.54) is 6.07 Å². The first-order chi connectivity index (χ1) is 6.58. The zero-order valence-corrected chi connectivity index (χ0v) is 8.20. The van der Waals surface area contributed by atoms with Crippen LogP contribution < -0.4 is 0 Å². The Labute approximate surface area is 88.3 Å². The molecular formula is C9H3Cl2F2N. The lowest BCUT2D eigenvalue weighted by molar-refractivity contribution is 0.592. The molecular weight excluding hydrogens is 231 g/mol. The van der Waals surface area contributed by atoms with Crippen molar-refractivity contribution in [1.29, 1.82) is 0 Å². The van der Waals surface area contributed by atoms with Crippen molar-refractivity contribution in [2.45, 2.75) is 0 Å². The van der Waals surface area contributed by atoms with Crippen LogP contribution in [0, 0.1) is 11.6 Å². The zero-order chi connectivity index (χ0) is 10.3. The molecule has 0 saturated heterocycles. The van der Waals surface area contributed by atoms with Crippen LogP contribution in [0.15, 0.2) is 18.2 Å². The molecule has 1 heterocycles. The summed E-state index contributed by atoms with van der Waals surface area (Å²) in [5.74, 6) is -1.40. The Balaban J connectivity index is 2.94. The van der Waals surface area contributed by atoms with E-state index in [-0.39, 0.29) is 21.1 Å². The minimum Gasteiger partial charge on any atom is -0.224 e. The molecule has 2 aromatic rings. The van der Waals surface area contributed by atoms with Gasteiger partial charge in [-0.05, 0) is 12.1 Å². The molecule has 72 valence electrons. The van der Waals surface area contributed by atoms with Gasteiger partial charge in [-0.2, -0.15) is 0 Å². The van der Waals surface area contributed by atoms with Crippen LogP contribution in [-0.4, -0.2) is 4.98 Å². The lowest BCUT2D eigenvalue weighted by Crippen LogP contribution is -1.87. The number of nitrogens with zero attached hydrogens (tertiary/aromatic N) is 1. The SMILES string of the molecule is Fc1cc(F)c2cc(Cl)nc(Cl)c2c1. The van der Waals surface area contributed by atoms with E-state index >= 15 is 0 Å². The topological polar surface area (TPSA) is 12.9 Å². The van der Waals surface area contributed by atoms with Crippen molar-refractivity contribution in [2.75, 3.05) is 0 Å². The molecule has 0 aliphatic heterocycles. The van der Waals surface area contributed by atoms with Crippen LogP contribution in [0.5, 0.6) is 0 Å². The lowest BCUT2D eigenvalue weighted by atomic mass is 10.1. The molecule has 0 unspecified atom stereocenters. The van der Waals surface area contributed by atoms with Crippen molar-refractivity contribution in [3.63, 3.8) is 0 Å². The molecule has 0 spiro atoms. The summed E-state index contributed by atoms with van der Waals surface area (Å²) in [5, 5.41) is 0.448. The summed E-state index contributed by atoms with van der Waals surface area (Å²) >= 11 is 11.3. The van der Waals surface area contributed by atoms with Gasteiger partial charge in [0, 0.05) is 16.8 Å². The van der Waals surface area contributed by atoms with Crippen LogP contribution in [0.2, 0.25) is 10.3 Å². The van der Waals surface area contributed by atoms with E-state index in [1.54, 1.807) is 0 Å². The van der Waals surface area contributed by atoms with Gasteiger partial charge in [-0.3, -0.25) is 0 Å². The van der Waals surface area contributed by atoms with Crippen LogP contribution in [0.1, 0.15) is 0 Å². The maximum Gasteiger partial charge on any atom is 0.138 e. The molecule has 0 bridgehead atoms. The molecule has 0 aliphatic carbocycles. The largest absolute Gasteiger partial charge is 0.224 e. The fourth-order valence-corrected chi connectivity index (χ4v) is 1.69. The smallest absolute Gasteiger partial charge is 0.138 e. The highest BCUT2D eigenvalue weighted by Gasteiger charge is 2.09. The molecule has 2 rings (SSSR count). The van der Waals surface area contributed by atoms with Gasteiger partial charge in [0.05, 0.1) is 0 Å². The Morgan fingerprint density at radius 1 is 1.00 bits per heavy atom. The van der Waals surface area contributed by atoms with Crippen molar-refractivity contribution >= 4 is 34.0 Å². The molecule has 5 heteroatoms. The van der Waals surface area contributed by atoms with E-state index in [4.69, 9.17) is 23.2 Å². The van der Waals surface area contributed by atoms with Crippen molar-refractivity contribution in [2.24, 2.45) is 0 Å². The fraction of sp³-hybridized carbons (Fsp3) is 0. The van der Waals surface area contributed by atoms with E-state index in [2.05, 4.69) is 4.98 Å². The average Bonchev–Trinajstić information content (AvgIpc) is 2.07. The number of hydrogen-bond donors (Lipinski definition) is 0. The Morgan fingerprint density at radius 3 is 2.43 bits per heavy atom. The number of rotatable bonds is 0. The molecule has 14 heavy (non-hydrogen) atoms. The summed E-state index contributed by atoms with van der Waals surface area (Å²) in [6.07, 6.45) is 0. The summed E-state index contributed by atoms with van der Waals surface area (Å²) in [7, 11) is 0. The van der Waals surface area contributed by atoms with E-state index in [1.807, 2.05) is 0 Å². The molecule has 0 N–H and O–H groups in total. The molecule has 1 aromatic heterocycles. The van der Waals surface area contributed by atoms with Crippen LogP contribution in [-0.2, 0) is 0 Å². The summed E-state index contributed by atoms with van der Waals surface area (Å²) in [6.45, 7) is 0. The van der Waals surface area contributed by atoms with Crippen LogP contribution in [0.3, 0.4) is 0 Å². The number of fused-ring (bicyclic) bond motifs is 1. The second-order valence-corrected chi connectivity index (χ2v) is 3.46. The van der Waals surface area contributed by atoms with Gasteiger partial charge in [0.2, 0.25) is 0 Å². The maximum absolute atomic E-state index is 13.2. The van der Waals surface area contributed by atoms with Crippen molar-refractivity contribution < 1.29 is 8.78 Å². The minimum absolute atomic E-state index is 0.00843. The van der Waals surface area contributed by atoms with Crippen molar-refractivity contribution in [3.05, 3.63) is 40.1 Å². The third kappa shape index (κ3) is 1.53. The van der Waals surface area contributed by atoms with Gasteiger partial charge in [-0.1, -0.05) is 23.2 Å². The molecule has 0 fully saturated rings. The molecule has 0 aliphatic rings. The third-order valence-corrected chi connectivity index (χ3v) is 2.27. The lowest BCUT2D eigenvalue weighted by Gasteiger charge is -2.02. The van der Waals surface area contributed by atoms with Gasteiger partial charge in [0.1, 0.15) is 21.9 Å². The molecule has 0 radical (unpaired) electrons. The van der Waals surface area contributed by atoms with Gasteiger partial charge in [-0.15, -0.1) is 0 Å². The molecule has 0 saturated carbocycles. The number of benzene rings is 1. The summed E-state index contributed by atoms with van der Waals surface area (Å²) in [4.78, 5) is 3.68. The Bertz CT molecular complexity index is 466. The predicted octanol–water partition coefficient (Wildman–Crippen LogP) is 3.82. The average molecular weight is 234 g/mol. The van der Waals surface area contributed by atoms with E-state index in [0.29, 0.717) is 0 Å². The van der Waals surface area contributed by atoms with Gasteiger partial charge < -0.3 is 0 Å². The standard InChI is InChI=1S/C9H3Cl2F2N/c10-8-3-5-6(9(11)14-8)1-4(12)2-7(5)13/h1-3H. The third-order valence-electron chi connectivity index (χ3n) is 1.78. The monoisotopic (exact) mass is 233 g/mol. The second kappa shape index (κ2) is 3.33. The minimum atomic E-state index is -0.703. The molecule has 1 aromatic carbocycles. The normalized spacial score (nSPS) is 10.9. The van der Waals surface area contributed by atoms with Gasteiger partial charge in [-0.25, -0.2) is 13.8 Å². The summed E-state index contributed by atoms with van der Waals surface area (Å²) in [6, 6.07) is 3.19. The number of halogens is 4. The maximum atomic E-state index is 13.2. The summed E-state index contributed by atoms with van der Waals surface area (Å²) < 4.78 is 26.0. The van der Waals surface area contributed by atoms with Gasteiger partial charge in [0.15, 0.2) is 0 Å². The molecule has 1 nitrogen and oxygen atoms in total.